The smallest absolute Gasteiger partial charge is 0.253 e. The average molecular weight is 516 g/mol. The highest BCUT2D eigenvalue weighted by atomic mass is 16.5. The first-order chi connectivity index (χ1) is 18.2. The van der Waals surface area contributed by atoms with Gasteiger partial charge in [-0.2, -0.15) is 0 Å². The number of aromatic nitrogens is 5. The molecule has 9 nitrogen and oxygen atoms in total. The van der Waals surface area contributed by atoms with E-state index < -0.39 is 0 Å². The number of nitrogens with one attached hydrogen (secondary N) is 1. The van der Waals surface area contributed by atoms with Crippen molar-refractivity contribution >= 4 is 16.6 Å². The second kappa shape index (κ2) is 10.2. The monoisotopic (exact) mass is 515 g/mol. The molecule has 2 aromatic carbocycles. The van der Waals surface area contributed by atoms with Crippen LogP contribution < -0.4 is 15.2 Å². The number of tetrazole rings is 1. The van der Waals surface area contributed by atoms with Crippen molar-refractivity contribution in [2.45, 2.75) is 52.6 Å². The zero-order chi connectivity index (χ0) is 27.0. The molecule has 200 valence electrons. The number of ether oxygens (including phenoxy) is 1. The Balaban J connectivity index is 1.59. The lowest BCUT2D eigenvalue weighted by atomic mass is 9.97. The van der Waals surface area contributed by atoms with Crippen LogP contribution in [0, 0.1) is 13.8 Å². The number of anilines is 1. The van der Waals surface area contributed by atoms with Crippen LogP contribution in [0.4, 0.5) is 5.69 Å². The molecule has 1 aliphatic heterocycles. The van der Waals surface area contributed by atoms with E-state index in [1.54, 1.807) is 7.11 Å². The van der Waals surface area contributed by atoms with Crippen molar-refractivity contribution in [2.75, 3.05) is 38.2 Å². The van der Waals surface area contributed by atoms with Crippen LogP contribution in [0.15, 0.2) is 47.3 Å². The summed E-state index contributed by atoms with van der Waals surface area (Å²) < 4.78 is 7.51. The quantitative estimate of drug-likeness (QED) is 0.394. The van der Waals surface area contributed by atoms with Gasteiger partial charge in [0.15, 0.2) is 5.82 Å². The fourth-order valence-corrected chi connectivity index (χ4v) is 5.35. The van der Waals surface area contributed by atoms with Crippen LogP contribution in [0.1, 0.15) is 55.7 Å². The predicted molar refractivity (Wildman–Crippen MR) is 150 cm³/mol. The molecule has 0 aliphatic carbocycles. The summed E-state index contributed by atoms with van der Waals surface area (Å²) in [7, 11) is 1.70. The zero-order valence-electron chi connectivity index (χ0n) is 23.2. The topological polar surface area (TPSA) is 92.2 Å². The van der Waals surface area contributed by atoms with Gasteiger partial charge in [-0.25, -0.2) is 4.68 Å². The lowest BCUT2D eigenvalue weighted by Gasteiger charge is -2.40. The summed E-state index contributed by atoms with van der Waals surface area (Å²) in [6.45, 7) is 13.5. The molecular formula is C29H37N7O2. The number of piperazine rings is 1. The number of rotatable bonds is 7. The molecule has 1 fully saturated rings. The summed E-state index contributed by atoms with van der Waals surface area (Å²) in [6, 6.07) is 13.9. The van der Waals surface area contributed by atoms with Crippen LogP contribution in [-0.4, -0.2) is 63.4 Å². The van der Waals surface area contributed by atoms with Gasteiger partial charge in [0.2, 0.25) is 0 Å². The number of methoxy groups -OCH3 is 1. The Morgan fingerprint density at radius 2 is 1.76 bits per heavy atom. The van der Waals surface area contributed by atoms with Crippen molar-refractivity contribution in [1.82, 2.24) is 30.1 Å². The van der Waals surface area contributed by atoms with Crippen LogP contribution in [0.25, 0.3) is 10.9 Å². The number of hydrogen-bond acceptors (Lipinski definition) is 7. The van der Waals surface area contributed by atoms with Crippen LogP contribution in [-0.2, 0) is 5.54 Å². The SMILES string of the molecule is CCC(C)(C)n1nnnc1[C@@H](c1cc2c(C)ccc(C)c2[nH]c1=O)N1CCN(c2ccccc2OC)CC1. The number of aryl methyl sites for hydroxylation is 2. The van der Waals surface area contributed by atoms with E-state index in [1.807, 2.05) is 41.9 Å². The fourth-order valence-electron chi connectivity index (χ4n) is 5.35. The molecule has 0 bridgehead atoms. The molecule has 9 heteroatoms. The van der Waals surface area contributed by atoms with Crippen molar-refractivity contribution in [3.63, 3.8) is 0 Å². The van der Waals surface area contributed by atoms with E-state index in [0.717, 1.165) is 66.1 Å². The Morgan fingerprint density at radius 1 is 1.05 bits per heavy atom. The third-order valence-corrected chi connectivity index (χ3v) is 8.05. The van der Waals surface area contributed by atoms with E-state index in [-0.39, 0.29) is 17.1 Å². The highest BCUT2D eigenvalue weighted by Crippen LogP contribution is 2.34. The summed E-state index contributed by atoms with van der Waals surface area (Å²) in [6.07, 6.45) is 0.853. The normalized spacial score (nSPS) is 15.7. The zero-order valence-corrected chi connectivity index (χ0v) is 23.2. The number of nitrogens with zero attached hydrogens (tertiary/aromatic N) is 6. The first kappa shape index (κ1) is 25.9. The van der Waals surface area contributed by atoms with Gasteiger partial charge < -0.3 is 14.6 Å². The second-order valence-electron chi connectivity index (χ2n) is 10.8. The van der Waals surface area contributed by atoms with Crippen molar-refractivity contribution < 1.29 is 4.74 Å². The van der Waals surface area contributed by atoms with E-state index in [4.69, 9.17) is 4.74 Å². The molecule has 1 atom stereocenters. The van der Waals surface area contributed by atoms with Gasteiger partial charge in [-0.1, -0.05) is 31.2 Å². The predicted octanol–water partition coefficient (Wildman–Crippen LogP) is 4.20. The number of fused-ring (bicyclic) bond motifs is 1. The standard InChI is InChI=1S/C29H37N7O2/c1-7-29(4,5)36-27(31-32-33-36)26(22-18-21-19(2)12-13-20(3)25(21)30-28(22)37)35-16-14-34(15-17-35)23-10-8-9-11-24(23)38-6/h8-13,18,26H,7,14-17H2,1-6H3,(H,30,37)/t26-/m1/s1. The Labute approximate surface area is 223 Å². The molecule has 0 spiro atoms. The van der Waals surface area contributed by atoms with Crippen LogP contribution in [0.5, 0.6) is 5.75 Å². The molecule has 0 saturated carbocycles. The number of hydrogen-bond donors (Lipinski definition) is 1. The van der Waals surface area contributed by atoms with E-state index in [9.17, 15) is 4.79 Å². The molecule has 0 unspecified atom stereocenters. The number of pyridine rings is 1. The number of benzene rings is 2. The molecule has 5 rings (SSSR count). The second-order valence-corrected chi connectivity index (χ2v) is 10.8. The minimum absolute atomic E-state index is 0.104. The number of H-pyrrole nitrogens is 1. The molecule has 3 heterocycles. The van der Waals surface area contributed by atoms with Gasteiger partial charge in [0.25, 0.3) is 5.56 Å². The van der Waals surface area contributed by atoms with Crippen molar-refractivity contribution in [1.29, 1.82) is 0 Å². The Hall–Kier alpha value is -3.72. The summed E-state index contributed by atoms with van der Waals surface area (Å²) in [5.74, 6) is 1.56. The maximum Gasteiger partial charge on any atom is 0.253 e. The largest absolute Gasteiger partial charge is 0.495 e. The van der Waals surface area contributed by atoms with Crippen molar-refractivity contribution in [2.24, 2.45) is 0 Å². The van der Waals surface area contributed by atoms with Crippen molar-refractivity contribution in [3.05, 3.63) is 75.3 Å². The van der Waals surface area contributed by atoms with E-state index in [0.29, 0.717) is 11.4 Å². The molecular weight excluding hydrogens is 478 g/mol. The van der Waals surface area contributed by atoms with Crippen LogP contribution >= 0.6 is 0 Å². The highest BCUT2D eigenvalue weighted by Gasteiger charge is 2.36. The number of para-hydroxylation sites is 2. The molecule has 0 radical (unpaired) electrons. The van der Waals surface area contributed by atoms with Gasteiger partial charge in [-0.15, -0.1) is 5.10 Å². The summed E-state index contributed by atoms with van der Waals surface area (Å²) >= 11 is 0. The van der Waals surface area contributed by atoms with Gasteiger partial charge >= 0.3 is 0 Å². The lowest BCUT2D eigenvalue weighted by Crippen LogP contribution is -2.49. The van der Waals surface area contributed by atoms with E-state index in [2.05, 4.69) is 70.1 Å². The van der Waals surface area contributed by atoms with E-state index >= 15 is 0 Å². The average Bonchev–Trinajstić information content (AvgIpc) is 3.42. The molecule has 0 amide bonds. The van der Waals surface area contributed by atoms with Gasteiger partial charge in [0.05, 0.1) is 23.9 Å². The lowest BCUT2D eigenvalue weighted by molar-refractivity contribution is 0.186. The molecule has 1 saturated heterocycles. The van der Waals surface area contributed by atoms with Gasteiger partial charge in [-0.05, 0) is 73.9 Å². The van der Waals surface area contributed by atoms with Gasteiger partial charge in [-0.3, -0.25) is 9.69 Å². The molecule has 38 heavy (non-hydrogen) atoms. The van der Waals surface area contributed by atoms with Crippen LogP contribution in [0.2, 0.25) is 0 Å². The molecule has 4 aromatic rings. The van der Waals surface area contributed by atoms with Crippen LogP contribution in [0.3, 0.4) is 0 Å². The minimum Gasteiger partial charge on any atom is -0.495 e. The maximum absolute atomic E-state index is 13.7. The Bertz CT molecular complexity index is 1500. The van der Waals surface area contributed by atoms with Gasteiger partial charge in [0.1, 0.15) is 11.8 Å². The summed E-state index contributed by atoms with van der Waals surface area (Å²) in [5, 5.41) is 14.1. The van der Waals surface area contributed by atoms with Gasteiger partial charge in [0, 0.05) is 37.1 Å². The van der Waals surface area contributed by atoms with Crippen molar-refractivity contribution in [3.8, 4) is 5.75 Å². The third kappa shape index (κ3) is 4.55. The van der Waals surface area contributed by atoms with E-state index in [1.165, 1.54) is 0 Å². The Kier molecular flexibility index (Phi) is 6.96. The molecule has 1 N–H and O–H groups in total. The first-order valence-corrected chi connectivity index (χ1v) is 13.3. The summed E-state index contributed by atoms with van der Waals surface area (Å²) in [5.41, 5.74) is 4.40. The minimum atomic E-state index is -0.385. The number of aromatic amines is 1. The fraction of sp³-hybridized carbons (Fsp3) is 0.448. The maximum atomic E-state index is 13.7. The highest BCUT2D eigenvalue weighted by molar-refractivity contribution is 5.85. The molecule has 1 aliphatic rings. The third-order valence-electron chi connectivity index (χ3n) is 8.05. The summed E-state index contributed by atoms with van der Waals surface area (Å²) in [4.78, 5) is 21.5. The first-order valence-electron chi connectivity index (χ1n) is 13.3. The Morgan fingerprint density at radius 3 is 2.47 bits per heavy atom. The molecule has 2 aromatic heterocycles.